The van der Waals surface area contributed by atoms with Crippen LogP contribution in [0.5, 0.6) is 11.5 Å². The maximum Gasteiger partial charge on any atom is 0.329 e. The number of rotatable bonds is 9. The SMILES string of the molecule is COc1cc(/C=N\NC(=O)C(=O)NC[C@@H]2CCCO2)ccc1OCC(=O)Nc1ccccc1. The highest BCUT2D eigenvalue weighted by Gasteiger charge is 2.19. The van der Waals surface area contributed by atoms with Crippen molar-refractivity contribution in [3.63, 3.8) is 0 Å². The van der Waals surface area contributed by atoms with Crippen molar-refractivity contribution in [2.45, 2.75) is 18.9 Å². The van der Waals surface area contributed by atoms with E-state index in [0.717, 1.165) is 12.8 Å². The third-order valence-electron chi connectivity index (χ3n) is 4.70. The first-order valence-electron chi connectivity index (χ1n) is 10.4. The maximum absolute atomic E-state index is 12.1. The Bertz CT molecular complexity index is 990. The van der Waals surface area contributed by atoms with Gasteiger partial charge in [-0.2, -0.15) is 5.10 Å². The highest BCUT2D eigenvalue weighted by molar-refractivity contribution is 6.35. The van der Waals surface area contributed by atoms with Crippen molar-refractivity contribution >= 4 is 29.6 Å². The number of hydrogen-bond donors (Lipinski definition) is 3. The van der Waals surface area contributed by atoms with Gasteiger partial charge in [0, 0.05) is 18.8 Å². The minimum Gasteiger partial charge on any atom is -0.493 e. The topological polar surface area (TPSA) is 127 Å². The van der Waals surface area contributed by atoms with E-state index in [1.165, 1.54) is 13.3 Å². The van der Waals surface area contributed by atoms with E-state index in [2.05, 4.69) is 21.2 Å². The Kier molecular flexibility index (Phi) is 8.78. The van der Waals surface area contributed by atoms with Crippen LogP contribution in [-0.4, -0.2) is 56.9 Å². The number of methoxy groups -OCH3 is 1. The molecule has 1 aliphatic rings. The Morgan fingerprint density at radius 2 is 1.94 bits per heavy atom. The summed E-state index contributed by atoms with van der Waals surface area (Å²) in [5, 5.41) is 9.04. The molecule has 3 rings (SSSR count). The van der Waals surface area contributed by atoms with Crippen molar-refractivity contribution in [1.82, 2.24) is 10.7 Å². The monoisotopic (exact) mass is 454 g/mol. The third-order valence-corrected chi connectivity index (χ3v) is 4.70. The van der Waals surface area contributed by atoms with Gasteiger partial charge in [0.15, 0.2) is 18.1 Å². The normalized spacial score (nSPS) is 15.1. The summed E-state index contributed by atoms with van der Waals surface area (Å²) in [4.78, 5) is 35.7. The van der Waals surface area contributed by atoms with Crippen molar-refractivity contribution in [3.05, 3.63) is 54.1 Å². The molecule has 2 aromatic carbocycles. The van der Waals surface area contributed by atoms with Crippen LogP contribution in [0.4, 0.5) is 5.69 Å². The first-order valence-corrected chi connectivity index (χ1v) is 10.4. The molecular formula is C23H26N4O6. The van der Waals surface area contributed by atoms with Gasteiger partial charge in [-0.05, 0) is 48.7 Å². The predicted molar refractivity (Wildman–Crippen MR) is 121 cm³/mol. The summed E-state index contributed by atoms with van der Waals surface area (Å²) in [6.45, 7) is 0.763. The molecule has 3 amide bonds. The molecule has 1 aliphatic heterocycles. The number of ether oxygens (including phenoxy) is 3. The molecule has 1 atom stereocenters. The molecule has 0 aliphatic carbocycles. The number of benzene rings is 2. The number of anilines is 1. The van der Waals surface area contributed by atoms with Crippen LogP contribution in [0.2, 0.25) is 0 Å². The minimum atomic E-state index is -0.874. The van der Waals surface area contributed by atoms with Gasteiger partial charge in [-0.25, -0.2) is 5.43 Å². The van der Waals surface area contributed by atoms with Crippen molar-refractivity contribution in [1.29, 1.82) is 0 Å². The molecule has 1 heterocycles. The number of nitrogens with zero attached hydrogens (tertiary/aromatic N) is 1. The van der Waals surface area contributed by atoms with Gasteiger partial charge in [-0.1, -0.05) is 18.2 Å². The molecule has 10 heteroatoms. The van der Waals surface area contributed by atoms with Crippen molar-refractivity contribution in [2.24, 2.45) is 5.10 Å². The Morgan fingerprint density at radius 1 is 1.12 bits per heavy atom. The lowest BCUT2D eigenvalue weighted by Crippen LogP contribution is -2.41. The molecule has 2 aromatic rings. The fourth-order valence-electron chi connectivity index (χ4n) is 3.05. The van der Waals surface area contributed by atoms with Gasteiger partial charge in [-0.15, -0.1) is 0 Å². The second-order valence-electron chi connectivity index (χ2n) is 7.16. The first kappa shape index (κ1) is 23.7. The average Bonchev–Trinajstić information content (AvgIpc) is 3.36. The van der Waals surface area contributed by atoms with Gasteiger partial charge in [0.05, 0.1) is 19.4 Å². The molecule has 1 saturated heterocycles. The molecule has 174 valence electrons. The van der Waals surface area contributed by atoms with Crippen molar-refractivity contribution < 1.29 is 28.6 Å². The summed E-state index contributed by atoms with van der Waals surface area (Å²) in [5.74, 6) is -1.21. The van der Waals surface area contributed by atoms with Crippen LogP contribution in [0.15, 0.2) is 53.6 Å². The quantitative estimate of drug-likeness (QED) is 0.299. The van der Waals surface area contributed by atoms with E-state index in [9.17, 15) is 14.4 Å². The number of amides is 3. The van der Waals surface area contributed by atoms with E-state index in [1.54, 1.807) is 30.3 Å². The Hall–Kier alpha value is -3.92. The predicted octanol–water partition coefficient (Wildman–Crippen LogP) is 1.46. The summed E-state index contributed by atoms with van der Waals surface area (Å²) in [6, 6.07) is 14.0. The zero-order chi connectivity index (χ0) is 23.5. The smallest absolute Gasteiger partial charge is 0.329 e. The van der Waals surface area contributed by atoms with Crippen LogP contribution >= 0.6 is 0 Å². The molecule has 0 spiro atoms. The molecule has 0 unspecified atom stereocenters. The van der Waals surface area contributed by atoms with E-state index in [1.807, 2.05) is 18.2 Å². The van der Waals surface area contributed by atoms with Crippen LogP contribution in [0.3, 0.4) is 0 Å². The first-order chi connectivity index (χ1) is 16.0. The minimum absolute atomic E-state index is 0.0529. The molecule has 33 heavy (non-hydrogen) atoms. The molecular weight excluding hydrogens is 428 g/mol. The average molecular weight is 454 g/mol. The van der Waals surface area contributed by atoms with Crippen LogP contribution in [-0.2, 0) is 19.1 Å². The highest BCUT2D eigenvalue weighted by Crippen LogP contribution is 2.27. The van der Waals surface area contributed by atoms with Gasteiger partial charge in [0.25, 0.3) is 5.91 Å². The van der Waals surface area contributed by atoms with Crippen molar-refractivity contribution in [2.75, 3.05) is 32.2 Å². The van der Waals surface area contributed by atoms with E-state index in [-0.39, 0.29) is 25.2 Å². The Balaban J connectivity index is 1.46. The maximum atomic E-state index is 12.1. The molecule has 0 radical (unpaired) electrons. The molecule has 0 saturated carbocycles. The van der Waals surface area contributed by atoms with Crippen LogP contribution in [0.25, 0.3) is 0 Å². The zero-order valence-corrected chi connectivity index (χ0v) is 18.2. The number of hydrazone groups is 1. The van der Waals surface area contributed by atoms with Crippen LogP contribution in [0.1, 0.15) is 18.4 Å². The summed E-state index contributed by atoms with van der Waals surface area (Å²) in [6.07, 6.45) is 3.12. The number of hydrogen-bond acceptors (Lipinski definition) is 7. The largest absolute Gasteiger partial charge is 0.493 e. The lowest BCUT2D eigenvalue weighted by atomic mass is 10.2. The van der Waals surface area contributed by atoms with Gasteiger partial charge < -0.3 is 24.8 Å². The zero-order valence-electron chi connectivity index (χ0n) is 18.2. The number of nitrogens with one attached hydrogen (secondary N) is 3. The molecule has 10 nitrogen and oxygen atoms in total. The Labute approximate surface area is 191 Å². The standard InChI is InChI=1S/C23H26N4O6/c1-31-20-12-16(13-25-27-23(30)22(29)24-14-18-8-5-11-32-18)9-10-19(20)33-15-21(28)26-17-6-3-2-4-7-17/h2-4,6-7,9-10,12-13,18H,5,8,11,14-15H2,1H3,(H,24,29)(H,26,28)(H,27,30)/b25-13-/t18-/m0/s1. The van der Waals surface area contributed by atoms with E-state index in [0.29, 0.717) is 29.4 Å². The summed E-state index contributed by atoms with van der Waals surface area (Å²) >= 11 is 0. The lowest BCUT2D eigenvalue weighted by Gasteiger charge is -2.11. The van der Waals surface area contributed by atoms with E-state index >= 15 is 0 Å². The fourth-order valence-corrected chi connectivity index (χ4v) is 3.05. The molecule has 0 bridgehead atoms. The van der Waals surface area contributed by atoms with Gasteiger partial charge in [0.1, 0.15) is 0 Å². The van der Waals surface area contributed by atoms with E-state index in [4.69, 9.17) is 14.2 Å². The summed E-state index contributed by atoms with van der Waals surface area (Å²) in [5.41, 5.74) is 3.44. The Morgan fingerprint density at radius 3 is 2.67 bits per heavy atom. The van der Waals surface area contributed by atoms with Crippen molar-refractivity contribution in [3.8, 4) is 11.5 Å². The summed E-state index contributed by atoms with van der Waals surface area (Å²) in [7, 11) is 1.47. The number of carbonyl (C=O) groups is 3. The van der Waals surface area contributed by atoms with Gasteiger partial charge in [0.2, 0.25) is 0 Å². The number of carbonyl (C=O) groups excluding carboxylic acids is 3. The third kappa shape index (κ3) is 7.62. The summed E-state index contributed by atoms with van der Waals surface area (Å²) < 4.78 is 16.2. The fraction of sp³-hybridized carbons (Fsp3) is 0.304. The molecule has 3 N–H and O–H groups in total. The second-order valence-corrected chi connectivity index (χ2v) is 7.16. The highest BCUT2D eigenvalue weighted by atomic mass is 16.5. The molecule has 1 fully saturated rings. The van der Waals surface area contributed by atoms with Crippen LogP contribution in [0, 0.1) is 0 Å². The van der Waals surface area contributed by atoms with Crippen LogP contribution < -0.4 is 25.5 Å². The van der Waals surface area contributed by atoms with Gasteiger partial charge in [-0.3, -0.25) is 14.4 Å². The number of para-hydroxylation sites is 1. The van der Waals surface area contributed by atoms with E-state index < -0.39 is 11.8 Å². The molecule has 0 aromatic heterocycles. The lowest BCUT2D eigenvalue weighted by molar-refractivity contribution is -0.139. The second kappa shape index (κ2) is 12.2. The van der Waals surface area contributed by atoms with Gasteiger partial charge >= 0.3 is 11.8 Å².